The van der Waals surface area contributed by atoms with Crippen molar-refractivity contribution in [2.24, 2.45) is 0 Å². The molecule has 0 atom stereocenters. The maximum atomic E-state index is 11.7. The van der Waals surface area contributed by atoms with Crippen LogP contribution in [0.3, 0.4) is 0 Å². The minimum Gasteiger partial charge on any atom is -0.461 e. The van der Waals surface area contributed by atoms with Crippen molar-refractivity contribution in [3.8, 4) is 0 Å². The highest BCUT2D eigenvalue weighted by molar-refractivity contribution is 8.13. The first-order valence-electron chi connectivity index (χ1n) is 6.04. The lowest BCUT2D eigenvalue weighted by Crippen LogP contribution is -2.10. The van der Waals surface area contributed by atoms with Crippen LogP contribution < -0.4 is 0 Å². The molecule has 1 rings (SSSR count). The maximum absolute atomic E-state index is 11.7. The molecule has 0 fully saturated rings. The van der Waals surface area contributed by atoms with Crippen LogP contribution in [0, 0.1) is 6.92 Å². The van der Waals surface area contributed by atoms with Gasteiger partial charge in [0.2, 0.25) is 0 Å². The summed E-state index contributed by atoms with van der Waals surface area (Å²) in [6, 6.07) is 0. The number of hydrogen-bond donors (Lipinski definition) is 1. The lowest BCUT2D eigenvalue weighted by Gasteiger charge is -2.03. The summed E-state index contributed by atoms with van der Waals surface area (Å²) in [5.41, 5.74) is -0.0732. The summed E-state index contributed by atoms with van der Waals surface area (Å²) >= 11 is 0. The molecule has 0 saturated carbocycles. The van der Waals surface area contributed by atoms with Crippen molar-refractivity contribution in [1.82, 2.24) is 10.2 Å². The Bertz CT molecular complexity index is 539. The number of rotatable bonds is 7. The van der Waals surface area contributed by atoms with Crippen molar-refractivity contribution >= 4 is 25.7 Å². The van der Waals surface area contributed by atoms with Gasteiger partial charge in [-0.25, -0.2) is 13.2 Å². The maximum Gasteiger partial charge on any atom is 0.360 e. The quantitative estimate of drug-likeness (QED) is 0.474. The Labute approximate surface area is 116 Å². The van der Waals surface area contributed by atoms with E-state index >= 15 is 0 Å². The van der Waals surface area contributed by atoms with Gasteiger partial charge in [-0.2, -0.15) is 5.10 Å². The fraction of sp³-hybridized carbons (Fsp3) is 0.636. The van der Waals surface area contributed by atoms with Gasteiger partial charge in [-0.05, 0) is 13.3 Å². The number of carbonyl (C=O) groups is 1. The van der Waals surface area contributed by atoms with Crippen LogP contribution in [0.5, 0.6) is 0 Å². The Hall–Kier alpha value is -1.08. The minimum atomic E-state index is -4.03. The number of nitrogens with zero attached hydrogens (tertiary/aromatic N) is 1. The number of halogens is 1. The molecule has 0 amide bonds. The van der Waals surface area contributed by atoms with E-state index in [9.17, 15) is 13.2 Å². The van der Waals surface area contributed by atoms with E-state index in [1.165, 1.54) is 6.92 Å². The van der Waals surface area contributed by atoms with Crippen molar-refractivity contribution in [3.05, 3.63) is 11.4 Å². The topological polar surface area (TPSA) is 89.1 Å². The van der Waals surface area contributed by atoms with E-state index < -0.39 is 15.0 Å². The van der Waals surface area contributed by atoms with Gasteiger partial charge in [0.05, 0.1) is 12.3 Å². The second-order valence-corrected chi connectivity index (χ2v) is 6.66. The normalized spacial score (nSPS) is 11.5. The number of nitrogens with one attached hydrogen (secondary N) is 1. The lowest BCUT2D eigenvalue weighted by molar-refractivity contribution is 0.0486. The molecule has 0 spiro atoms. The number of aromatic nitrogens is 2. The van der Waals surface area contributed by atoms with Gasteiger partial charge in [0, 0.05) is 10.7 Å². The summed E-state index contributed by atoms with van der Waals surface area (Å²) in [4.78, 5) is 11.4. The standard InChI is InChI=1S/C11H17ClN2O4S/c1-3-4-5-6-7-18-11(15)9-10(19(12,16)17)8(2)13-14-9/h3-7H2,1-2H3,(H,13,14). The third-order valence-corrected chi connectivity index (χ3v) is 4.01. The van der Waals surface area contributed by atoms with Gasteiger partial charge < -0.3 is 4.74 Å². The average Bonchev–Trinajstić information content (AvgIpc) is 2.70. The number of hydrogen-bond acceptors (Lipinski definition) is 5. The summed E-state index contributed by atoms with van der Waals surface area (Å²) < 4.78 is 27.7. The van der Waals surface area contributed by atoms with Crippen molar-refractivity contribution in [2.45, 2.75) is 44.4 Å². The summed E-state index contributed by atoms with van der Waals surface area (Å²) in [6.07, 6.45) is 3.86. The number of ether oxygens (including phenoxy) is 1. The molecule has 1 aromatic rings. The number of H-pyrrole nitrogens is 1. The zero-order valence-corrected chi connectivity index (χ0v) is 12.5. The molecule has 0 aliphatic heterocycles. The zero-order valence-electron chi connectivity index (χ0n) is 10.9. The van der Waals surface area contributed by atoms with Crippen LogP contribution in [0.25, 0.3) is 0 Å². The second kappa shape index (κ2) is 6.91. The molecule has 0 aliphatic carbocycles. The van der Waals surface area contributed by atoms with Crippen LogP contribution in [0.2, 0.25) is 0 Å². The summed E-state index contributed by atoms with van der Waals surface area (Å²) in [6.45, 7) is 3.79. The molecule has 1 N–H and O–H groups in total. The van der Waals surface area contributed by atoms with Crippen molar-refractivity contribution < 1.29 is 17.9 Å². The van der Waals surface area contributed by atoms with E-state index in [1.54, 1.807) is 0 Å². The van der Waals surface area contributed by atoms with Gasteiger partial charge in [-0.1, -0.05) is 26.2 Å². The zero-order chi connectivity index (χ0) is 14.5. The number of aromatic amines is 1. The van der Waals surface area contributed by atoms with Gasteiger partial charge in [0.15, 0.2) is 5.69 Å². The molecule has 0 saturated heterocycles. The number of unbranched alkanes of at least 4 members (excludes halogenated alkanes) is 3. The predicted molar refractivity (Wildman–Crippen MR) is 70.8 cm³/mol. The van der Waals surface area contributed by atoms with Crippen LogP contribution in [0.4, 0.5) is 0 Å². The van der Waals surface area contributed by atoms with E-state index in [0.717, 1.165) is 25.7 Å². The molecular formula is C11H17ClN2O4S. The van der Waals surface area contributed by atoms with E-state index in [-0.39, 0.29) is 22.9 Å². The van der Waals surface area contributed by atoms with Crippen LogP contribution in [-0.2, 0) is 13.8 Å². The third kappa shape index (κ3) is 4.50. The second-order valence-electron chi connectivity index (χ2n) is 4.16. The van der Waals surface area contributed by atoms with Crippen molar-refractivity contribution in [2.75, 3.05) is 6.61 Å². The number of esters is 1. The molecule has 108 valence electrons. The summed E-state index contributed by atoms with van der Waals surface area (Å²) in [7, 11) is 1.23. The van der Waals surface area contributed by atoms with Crippen LogP contribution >= 0.6 is 10.7 Å². The molecular weight excluding hydrogens is 292 g/mol. The van der Waals surface area contributed by atoms with Gasteiger partial charge in [0.1, 0.15) is 4.90 Å². The average molecular weight is 309 g/mol. The highest BCUT2D eigenvalue weighted by Gasteiger charge is 2.27. The fourth-order valence-corrected chi connectivity index (χ4v) is 2.96. The Balaban J connectivity index is 2.68. The predicted octanol–water partition coefficient (Wildman–Crippen LogP) is 2.38. The Morgan fingerprint density at radius 1 is 1.37 bits per heavy atom. The third-order valence-electron chi connectivity index (χ3n) is 2.56. The molecule has 6 nitrogen and oxygen atoms in total. The number of aryl methyl sites for hydroxylation is 1. The first kappa shape index (κ1) is 16.0. The first-order valence-corrected chi connectivity index (χ1v) is 8.35. The summed E-state index contributed by atoms with van der Waals surface area (Å²) in [5, 5.41) is 6.05. The molecule has 1 heterocycles. The Morgan fingerprint density at radius 3 is 2.63 bits per heavy atom. The molecule has 1 aromatic heterocycles. The van der Waals surface area contributed by atoms with Crippen molar-refractivity contribution in [1.29, 1.82) is 0 Å². The highest BCUT2D eigenvalue weighted by Crippen LogP contribution is 2.22. The van der Waals surface area contributed by atoms with E-state index in [0.29, 0.717) is 0 Å². The Morgan fingerprint density at radius 2 is 2.05 bits per heavy atom. The monoisotopic (exact) mass is 308 g/mol. The van der Waals surface area contributed by atoms with E-state index in [4.69, 9.17) is 15.4 Å². The van der Waals surface area contributed by atoms with E-state index in [1.807, 2.05) is 0 Å². The fourth-order valence-electron chi connectivity index (χ4n) is 1.62. The largest absolute Gasteiger partial charge is 0.461 e. The van der Waals surface area contributed by atoms with Crippen molar-refractivity contribution in [3.63, 3.8) is 0 Å². The molecule has 0 radical (unpaired) electrons. The van der Waals surface area contributed by atoms with Gasteiger partial charge in [-0.3, -0.25) is 5.10 Å². The molecule has 19 heavy (non-hydrogen) atoms. The number of carbonyl (C=O) groups excluding carboxylic acids is 1. The van der Waals surface area contributed by atoms with Crippen LogP contribution in [0.15, 0.2) is 4.90 Å². The Kier molecular flexibility index (Phi) is 5.81. The molecule has 8 heteroatoms. The van der Waals surface area contributed by atoms with E-state index in [2.05, 4.69) is 17.1 Å². The molecule has 0 unspecified atom stereocenters. The van der Waals surface area contributed by atoms with Crippen LogP contribution in [0.1, 0.15) is 48.8 Å². The van der Waals surface area contributed by atoms with Gasteiger partial charge in [0.25, 0.3) is 9.05 Å². The molecule has 0 bridgehead atoms. The van der Waals surface area contributed by atoms with Crippen LogP contribution in [-0.4, -0.2) is 31.2 Å². The van der Waals surface area contributed by atoms with Gasteiger partial charge >= 0.3 is 5.97 Å². The lowest BCUT2D eigenvalue weighted by atomic mass is 10.2. The van der Waals surface area contributed by atoms with Gasteiger partial charge in [-0.15, -0.1) is 0 Å². The SMILES string of the molecule is CCCCCCOC(=O)c1n[nH]c(C)c1S(=O)(=O)Cl. The minimum absolute atomic E-state index is 0.216. The summed E-state index contributed by atoms with van der Waals surface area (Å²) in [5.74, 6) is -0.778. The smallest absolute Gasteiger partial charge is 0.360 e. The first-order chi connectivity index (χ1) is 8.88. The highest BCUT2D eigenvalue weighted by atomic mass is 35.7. The molecule has 0 aromatic carbocycles. The molecule has 0 aliphatic rings.